The van der Waals surface area contributed by atoms with Crippen molar-refractivity contribution in [3.8, 4) is 5.75 Å². The van der Waals surface area contributed by atoms with Crippen molar-refractivity contribution in [1.82, 2.24) is 5.32 Å². The third kappa shape index (κ3) is 4.27. The number of aryl methyl sites for hydroxylation is 4. The molecular weight excluding hydrogens is 322 g/mol. The van der Waals surface area contributed by atoms with Crippen LogP contribution in [-0.4, -0.2) is 12.0 Å². The Hall–Kier alpha value is -2.29. The fourth-order valence-corrected chi connectivity index (χ4v) is 3.48. The smallest absolute Gasteiger partial charge is 0.261 e. The van der Waals surface area contributed by atoms with Gasteiger partial charge in [0.05, 0.1) is 6.04 Å². The molecule has 138 valence electrons. The number of benzene rings is 2. The number of hydrogen-bond donors (Lipinski definition) is 1. The fourth-order valence-electron chi connectivity index (χ4n) is 3.48. The van der Waals surface area contributed by atoms with Gasteiger partial charge in [-0.3, -0.25) is 4.79 Å². The Morgan fingerprint density at radius 1 is 0.962 bits per heavy atom. The van der Waals surface area contributed by atoms with Gasteiger partial charge in [0, 0.05) is 0 Å². The van der Waals surface area contributed by atoms with Gasteiger partial charge in [-0.2, -0.15) is 0 Å². The van der Waals surface area contributed by atoms with Crippen molar-refractivity contribution in [2.24, 2.45) is 0 Å². The van der Waals surface area contributed by atoms with Gasteiger partial charge < -0.3 is 10.1 Å². The van der Waals surface area contributed by atoms with Crippen LogP contribution in [0.5, 0.6) is 5.75 Å². The molecule has 0 bridgehead atoms. The second kappa shape index (κ2) is 7.94. The molecule has 2 aromatic rings. The Bertz CT molecular complexity index is 797. The Kier molecular flexibility index (Phi) is 5.65. The summed E-state index contributed by atoms with van der Waals surface area (Å²) >= 11 is 0. The highest BCUT2D eigenvalue weighted by Gasteiger charge is 2.19. The maximum atomic E-state index is 12.5. The van der Waals surface area contributed by atoms with E-state index in [1.807, 2.05) is 32.0 Å². The maximum absolute atomic E-state index is 12.5. The van der Waals surface area contributed by atoms with Crippen LogP contribution in [0.2, 0.25) is 0 Å². The zero-order chi connectivity index (χ0) is 18.7. The van der Waals surface area contributed by atoms with E-state index in [1.54, 1.807) is 6.92 Å². The first-order valence-electron chi connectivity index (χ1n) is 9.60. The molecular formula is C23H29NO2. The number of carbonyl (C=O) groups excluding carboxylic acids is 1. The Labute approximate surface area is 156 Å². The largest absolute Gasteiger partial charge is 0.481 e. The van der Waals surface area contributed by atoms with E-state index in [4.69, 9.17) is 4.74 Å². The summed E-state index contributed by atoms with van der Waals surface area (Å²) < 4.78 is 5.83. The average molecular weight is 351 g/mol. The highest BCUT2D eigenvalue weighted by Crippen LogP contribution is 2.25. The zero-order valence-corrected chi connectivity index (χ0v) is 16.3. The lowest BCUT2D eigenvalue weighted by atomic mass is 9.89. The quantitative estimate of drug-likeness (QED) is 0.838. The molecule has 0 aromatic heterocycles. The van der Waals surface area contributed by atoms with Crippen LogP contribution in [0, 0.1) is 13.8 Å². The second-order valence-corrected chi connectivity index (χ2v) is 7.47. The van der Waals surface area contributed by atoms with Crippen LogP contribution in [0.15, 0.2) is 36.4 Å². The van der Waals surface area contributed by atoms with Crippen LogP contribution in [0.25, 0.3) is 0 Å². The number of carbonyl (C=O) groups is 1. The number of ether oxygens (including phenoxy) is 1. The molecule has 1 aliphatic carbocycles. The van der Waals surface area contributed by atoms with E-state index < -0.39 is 6.10 Å². The lowest BCUT2D eigenvalue weighted by Crippen LogP contribution is -2.37. The minimum atomic E-state index is -0.530. The summed E-state index contributed by atoms with van der Waals surface area (Å²) in [7, 11) is 0. The first-order valence-corrected chi connectivity index (χ1v) is 9.60. The van der Waals surface area contributed by atoms with Crippen molar-refractivity contribution in [2.75, 3.05) is 0 Å². The van der Waals surface area contributed by atoms with Crippen LogP contribution in [0.4, 0.5) is 0 Å². The van der Waals surface area contributed by atoms with Gasteiger partial charge in [0.1, 0.15) is 5.75 Å². The predicted octanol–water partition coefficient (Wildman–Crippen LogP) is 4.83. The van der Waals surface area contributed by atoms with E-state index >= 15 is 0 Å². The molecule has 0 saturated carbocycles. The Morgan fingerprint density at radius 2 is 1.69 bits per heavy atom. The molecule has 0 saturated heterocycles. The lowest BCUT2D eigenvalue weighted by molar-refractivity contribution is -0.127. The van der Waals surface area contributed by atoms with Crippen LogP contribution in [0.3, 0.4) is 0 Å². The van der Waals surface area contributed by atoms with Crippen molar-refractivity contribution >= 4 is 5.91 Å². The molecule has 0 heterocycles. The molecule has 0 aliphatic heterocycles. The van der Waals surface area contributed by atoms with E-state index in [0.29, 0.717) is 0 Å². The van der Waals surface area contributed by atoms with Crippen LogP contribution in [-0.2, 0) is 17.6 Å². The van der Waals surface area contributed by atoms with E-state index in [0.717, 1.165) is 23.3 Å². The number of hydrogen-bond acceptors (Lipinski definition) is 2. The normalized spacial score (nSPS) is 15.7. The summed E-state index contributed by atoms with van der Waals surface area (Å²) in [6, 6.07) is 12.5. The second-order valence-electron chi connectivity index (χ2n) is 7.47. The van der Waals surface area contributed by atoms with Gasteiger partial charge in [-0.15, -0.1) is 0 Å². The summed E-state index contributed by atoms with van der Waals surface area (Å²) in [6.45, 7) is 7.94. The molecule has 1 aliphatic rings. The van der Waals surface area contributed by atoms with Gasteiger partial charge in [0.25, 0.3) is 5.91 Å². The van der Waals surface area contributed by atoms with Crippen LogP contribution < -0.4 is 10.1 Å². The highest BCUT2D eigenvalue weighted by molar-refractivity contribution is 5.81. The standard InChI is InChI=1S/C23H29NO2/c1-15-9-12-22(13-16(15)2)26-18(4)23(25)24-17(3)20-11-10-19-7-5-6-8-21(19)14-20/h9-14,17-18H,5-8H2,1-4H3,(H,24,25). The van der Waals surface area contributed by atoms with Crippen molar-refractivity contribution in [2.45, 2.75) is 65.5 Å². The van der Waals surface area contributed by atoms with Gasteiger partial charge in [0.2, 0.25) is 0 Å². The molecule has 3 heteroatoms. The zero-order valence-electron chi connectivity index (χ0n) is 16.3. The maximum Gasteiger partial charge on any atom is 0.261 e. The molecule has 2 atom stereocenters. The first-order chi connectivity index (χ1) is 12.4. The molecule has 26 heavy (non-hydrogen) atoms. The van der Waals surface area contributed by atoms with Crippen LogP contribution >= 0.6 is 0 Å². The summed E-state index contributed by atoms with van der Waals surface area (Å²) in [5.41, 5.74) is 6.45. The fraction of sp³-hybridized carbons (Fsp3) is 0.435. The minimum Gasteiger partial charge on any atom is -0.481 e. The number of fused-ring (bicyclic) bond motifs is 1. The lowest BCUT2D eigenvalue weighted by Gasteiger charge is -2.22. The summed E-state index contributed by atoms with van der Waals surface area (Å²) in [6.07, 6.45) is 4.34. The van der Waals surface area contributed by atoms with Crippen molar-refractivity contribution in [1.29, 1.82) is 0 Å². The van der Waals surface area contributed by atoms with Gasteiger partial charge in [-0.25, -0.2) is 0 Å². The number of amides is 1. The monoisotopic (exact) mass is 351 g/mol. The molecule has 0 radical (unpaired) electrons. The van der Waals surface area contributed by atoms with Crippen molar-refractivity contribution in [3.05, 3.63) is 64.2 Å². The molecule has 3 nitrogen and oxygen atoms in total. The first kappa shape index (κ1) is 18.5. The third-order valence-corrected chi connectivity index (χ3v) is 5.39. The van der Waals surface area contributed by atoms with Gasteiger partial charge >= 0.3 is 0 Å². The SMILES string of the molecule is Cc1ccc(OC(C)C(=O)NC(C)c2ccc3c(c2)CCCC3)cc1C. The van der Waals surface area contributed by atoms with Gasteiger partial charge in [-0.1, -0.05) is 24.3 Å². The van der Waals surface area contributed by atoms with Gasteiger partial charge in [0.15, 0.2) is 6.10 Å². The molecule has 0 fully saturated rings. The molecule has 0 spiro atoms. The van der Waals surface area contributed by atoms with E-state index in [-0.39, 0.29) is 11.9 Å². The van der Waals surface area contributed by atoms with Crippen molar-refractivity contribution in [3.63, 3.8) is 0 Å². The van der Waals surface area contributed by atoms with E-state index in [9.17, 15) is 4.79 Å². The molecule has 2 unspecified atom stereocenters. The van der Waals surface area contributed by atoms with E-state index in [1.165, 1.54) is 36.0 Å². The van der Waals surface area contributed by atoms with Crippen molar-refractivity contribution < 1.29 is 9.53 Å². The minimum absolute atomic E-state index is 0.0273. The highest BCUT2D eigenvalue weighted by atomic mass is 16.5. The third-order valence-electron chi connectivity index (χ3n) is 5.39. The Balaban J connectivity index is 1.62. The number of nitrogens with one attached hydrogen (secondary N) is 1. The van der Waals surface area contributed by atoms with E-state index in [2.05, 4.69) is 30.4 Å². The molecule has 1 amide bonds. The average Bonchev–Trinajstić information content (AvgIpc) is 2.64. The topological polar surface area (TPSA) is 38.3 Å². The summed E-state index contributed by atoms with van der Waals surface area (Å²) in [4.78, 5) is 12.5. The summed E-state index contributed by atoms with van der Waals surface area (Å²) in [5, 5.41) is 3.09. The predicted molar refractivity (Wildman–Crippen MR) is 106 cm³/mol. The summed E-state index contributed by atoms with van der Waals surface area (Å²) in [5.74, 6) is 0.644. The molecule has 2 aromatic carbocycles. The Morgan fingerprint density at radius 3 is 2.42 bits per heavy atom. The van der Waals surface area contributed by atoms with Crippen LogP contribution in [0.1, 0.15) is 60.5 Å². The molecule has 3 rings (SSSR count). The van der Waals surface area contributed by atoms with Gasteiger partial charge in [-0.05, 0) is 93.3 Å². The molecule has 1 N–H and O–H groups in total. The number of rotatable bonds is 5.